The van der Waals surface area contributed by atoms with Gasteiger partial charge in [-0.1, -0.05) is 18.2 Å². The highest BCUT2D eigenvalue weighted by molar-refractivity contribution is 6.07. The number of nitrogens with one attached hydrogen (secondary N) is 2. The summed E-state index contributed by atoms with van der Waals surface area (Å²) in [5, 5.41) is 5.14. The van der Waals surface area contributed by atoms with Gasteiger partial charge in [0.2, 0.25) is 0 Å². The van der Waals surface area contributed by atoms with E-state index in [1.54, 1.807) is 14.2 Å². The van der Waals surface area contributed by atoms with Crippen LogP contribution in [-0.2, 0) is 17.7 Å². The summed E-state index contributed by atoms with van der Waals surface area (Å²) in [6.45, 7) is 1.87. The van der Waals surface area contributed by atoms with Crippen molar-refractivity contribution in [2.24, 2.45) is 0 Å². The fraction of sp³-hybridized carbons (Fsp3) is 0.261. The number of carbonyl (C=O) groups excluding carboxylic acids is 1. The molecule has 6 nitrogen and oxygen atoms in total. The quantitative estimate of drug-likeness (QED) is 0.481. The second-order valence-electron chi connectivity index (χ2n) is 6.98. The molecule has 0 bridgehead atoms. The molecule has 1 amide bonds. The van der Waals surface area contributed by atoms with Gasteiger partial charge in [-0.15, -0.1) is 0 Å². The highest BCUT2D eigenvalue weighted by Crippen LogP contribution is 2.24. The maximum Gasteiger partial charge on any atom is 0.253 e. The molecule has 2 heterocycles. The predicted octanol–water partition coefficient (Wildman–Crippen LogP) is 3.75. The van der Waals surface area contributed by atoms with Crippen LogP contribution in [-0.4, -0.2) is 42.8 Å². The van der Waals surface area contributed by atoms with Gasteiger partial charge in [-0.2, -0.15) is 0 Å². The van der Waals surface area contributed by atoms with E-state index in [1.165, 1.54) is 0 Å². The minimum absolute atomic E-state index is 0.0604. The predicted molar refractivity (Wildman–Crippen MR) is 115 cm³/mol. The van der Waals surface area contributed by atoms with Crippen molar-refractivity contribution in [1.29, 1.82) is 0 Å². The molecule has 2 aromatic carbocycles. The molecule has 2 N–H and O–H groups in total. The third-order valence-electron chi connectivity index (χ3n) is 5.22. The van der Waals surface area contributed by atoms with Gasteiger partial charge in [-0.05, 0) is 36.2 Å². The van der Waals surface area contributed by atoms with Crippen LogP contribution in [0.4, 0.5) is 0 Å². The molecule has 6 heteroatoms. The number of hydrogen-bond donors (Lipinski definition) is 2. The number of H-pyrrole nitrogens is 1. The molecule has 0 aliphatic heterocycles. The summed E-state index contributed by atoms with van der Waals surface area (Å²) in [4.78, 5) is 16.1. The van der Waals surface area contributed by atoms with Crippen molar-refractivity contribution >= 4 is 27.7 Å². The Balaban J connectivity index is 1.48. The first-order valence-corrected chi connectivity index (χ1v) is 9.70. The molecule has 2 aromatic heterocycles. The lowest BCUT2D eigenvalue weighted by Crippen LogP contribution is -2.25. The van der Waals surface area contributed by atoms with Gasteiger partial charge in [0.15, 0.2) is 0 Å². The van der Waals surface area contributed by atoms with Crippen molar-refractivity contribution in [3.8, 4) is 5.75 Å². The number of methoxy groups -OCH3 is 2. The van der Waals surface area contributed by atoms with E-state index in [-0.39, 0.29) is 5.91 Å². The second-order valence-corrected chi connectivity index (χ2v) is 6.98. The smallest absolute Gasteiger partial charge is 0.253 e. The lowest BCUT2D eigenvalue weighted by atomic mass is 10.1. The number of rotatable bonds is 8. The molecular weight excluding hydrogens is 366 g/mol. The molecule has 0 saturated heterocycles. The Morgan fingerprint density at radius 3 is 2.83 bits per heavy atom. The van der Waals surface area contributed by atoms with Gasteiger partial charge in [0, 0.05) is 54.4 Å². The van der Waals surface area contributed by atoms with E-state index < -0.39 is 0 Å². The van der Waals surface area contributed by atoms with Crippen molar-refractivity contribution < 1.29 is 14.3 Å². The number of para-hydroxylation sites is 1. The molecule has 29 heavy (non-hydrogen) atoms. The maximum atomic E-state index is 12.9. The maximum absolute atomic E-state index is 12.9. The summed E-state index contributed by atoms with van der Waals surface area (Å²) in [7, 11) is 3.34. The number of aromatic nitrogens is 2. The van der Waals surface area contributed by atoms with Crippen LogP contribution in [0.15, 0.2) is 54.9 Å². The zero-order valence-electron chi connectivity index (χ0n) is 16.7. The average Bonchev–Trinajstić information content (AvgIpc) is 3.33. The Kier molecular flexibility index (Phi) is 5.53. The fourth-order valence-corrected chi connectivity index (χ4v) is 3.70. The van der Waals surface area contributed by atoms with Gasteiger partial charge in [0.25, 0.3) is 5.91 Å². The van der Waals surface area contributed by atoms with Crippen LogP contribution in [0.2, 0.25) is 0 Å². The summed E-state index contributed by atoms with van der Waals surface area (Å²) in [6.07, 6.45) is 4.64. The monoisotopic (exact) mass is 391 g/mol. The molecule has 0 aliphatic rings. The number of aromatic amines is 1. The third-order valence-corrected chi connectivity index (χ3v) is 5.22. The van der Waals surface area contributed by atoms with Crippen LogP contribution < -0.4 is 10.1 Å². The first-order valence-electron chi connectivity index (χ1n) is 9.70. The molecule has 0 unspecified atom stereocenters. The first kappa shape index (κ1) is 19.1. The normalized spacial score (nSPS) is 11.2. The minimum Gasteiger partial charge on any atom is -0.497 e. The Labute approximate surface area is 169 Å². The van der Waals surface area contributed by atoms with E-state index in [9.17, 15) is 4.79 Å². The molecule has 4 rings (SSSR count). The van der Waals surface area contributed by atoms with Gasteiger partial charge in [0.1, 0.15) is 5.75 Å². The van der Waals surface area contributed by atoms with Crippen LogP contribution in [0.5, 0.6) is 5.75 Å². The van der Waals surface area contributed by atoms with E-state index in [0.717, 1.165) is 39.5 Å². The van der Waals surface area contributed by atoms with E-state index in [1.807, 2.05) is 54.9 Å². The van der Waals surface area contributed by atoms with Crippen LogP contribution in [0.1, 0.15) is 15.9 Å². The average molecular weight is 391 g/mol. The summed E-state index contributed by atoms with van der Waals surface area (Å²) in [5.74, 6) is 0.765. The molecule has 150 valence electrons. The van der Waals surface area contributed by atoms with Gasteiger partial charge < -0.3 is 24.3 Å². The largest absolute Gasteiger partial charge is 0.497 e. The summed E-state index contributed by atoms with van der Waals surface area (Å²) < 4.78 is 12.6. The summed E-state index contributed by atoms with van der Waals surface area (Å²) in [5.41, 5.74) is 3.95. The highest BCUT2D eigenvalue weighted by Gasteiger charge is 2.15. The molecule has 0 saturated carbocycles. The van der Waals surface area contributed by atoms with Crippen molar-refractivity contribution in [3.05, 3.63) is 66.0 Å². The van der Waals surface area contributed by atoms with Gasteiger partial charge >= 0.3 is 0 Å². The van der Waals surface area contributed by atoms with Crippen LogP contribution in [0, 0.1) is 0 Å². The Bertz CT molecular complexity index is 1140. The number of fused-ring (bicyclic) bond motifs is 2. The molecule has 0 aliphatic carbocycles. The van der Waals surface area contributed by atoms with E-state index >= 15 is 0 Å². The lowest BCUT2D eigenvalue weighted by Gasteiger charge is -2.05. The summed E-state index contributed by atoms with van der Waals surface area (Å²) >= 11 is 0. The Morgan fingerprint density at radius 1 is 1.14 bits per heavy atom. The fourth-order valence-electron chi connectivity index (χ4n) is 3.70. The standard InChI is InChI=1S/C23H25N3O3/c1-28-12-11-26-15-20(18-5-3-4-6-22(18)26)23(27)24-10-9-16-14-25-21-8-7-17(29-2)13-19(16)21/h3-8,13-15,25H,9-12H2,1-2H3,(H,24,27). The van der Waals surface area contributed by atoms with Gasteiger partial charge in [-0.25, -0.2) is 0 Å². The van der Waals surface area contributed by atoms with Crippen molar-refractivity contribution in [1.82, 2.24) is 14.9 Å². The van der Waals surface area contributed by atoms with E-state index in [2.05, 4.69) is 14.9 Å². The Hall–Kier alpha value is -3.25. The van der Waals surface area contributed by atoms with Crippen molar-refractivity contribution in [2.45, 2.75) is 13.0 Å². The third kappa shape index (κ3) is 3.84. The molecule has 0 spiro atoms. The zero-order chi connectivity index (χ0) is 20.2. The Morgan fingerprint density at radius 2 is 2.00 bits per heavy atom. The lowest BCUT2D eigenvalue weighted by molar-refractivity contribution is 0.0955. The number of benzene rings is 2. The second kappa shape index (κ2) is 8.41. The van der Waals surface area contributed by atoms with Gasteiger partial charge in [-0.3, -0.25) is 4.79 Å². The molecule has 0 radical (unpaired) electrons. The van der Waals surface area contributed by atoms with Crippen LogP contribution >= 0.6 is 0 Å². The van der Waals surface area contributed by atoms with Crippen LogP contribution in [0.25, 0.3) is 21.8 Å². The number of carbonyl (C=O) groups is 1. The zero-order valence-corrected chi connectivity index (χ0v) is 16.7. The molecule has 0 fully saturated rings. The van der Waals surface area contributed by atoms with Crippen molar-refractivity contribution in [2.75, 3.05) is 27.4 Å². The highest BCUT2D eigenvalue weighted by atomic mass is 16.5. The SMILES string of the molecule is COCCn1cc(C(=O)NCCc2c[nH]c3ccc(OC)cc23)c2ccccc21. The molecule has 0 atom stereocenters. The number of amides is 1. The topological polar surface area (TPSA) is 68.3 Å². The van der Waals surface area contributed by atoms with E-state index in [0.29, 0.717) is 25.3 Å². The van der Waals surface area contributed by atoms with Crippen molar-refractivity contribution in [3.63, 3.8) is 0 Å². The van der Waals surface area contributed by atoms with Gasteiger partial charge in [0.05, 0.1) is 19.3 Å². The number of ether oxygens (including phenoxy) is 2. The number of hydrogen-bond acceptors (Lipinski definition) is 3. The number of nitrogens with zero attached hydrogens (tertiary/aromatic N) is 1. The first-order chi connectivity index (χ1) is 14.2. The van der Waals surface area contributed by atoms with E-state index in [4.69, 9.17) is 9.47 Å². The minimum atomic E-state index is -0.0604. The molecule has 4 aromatic rings. The van der Waals surface area contributed by atoms with Crippen LogP contribution in [0.3, 0.4) is 0 Å². The summed E-state index contributed by atoms with van der Waals surface area (Å²) in [6, 6.07) is 13.9. The molecular formula is C23H25N3O3.